The van der Waals surface area contributed by atoms with E-state index in [1.807, 2.05) is 0 Å². The van der Waals surface area contributed by atoms with Crippen LogP contribution in [0.15, 0.2) is 33.8 Å². The second-order valence-electron chi connectivity index (χ2n) is 11.7. The van der Waals surface area contributed by atoms with Gasteiger partial charge in [0.25, 0.3) is 0 Å². The van der Waals surface area contributed by atoms with E-state index in [0.717, 1.165) is 6.20 Å². The summed E-state index contributed by atoms with van der Waals surface area (Å²) < 4.78 is 52.4. The summed E-state index contributed by atoms with van der Waals surface area (Å²) in [5, 5.41) is -0.656. The van der Waals surface area contributed by atoms with Gasteiger partial charge in [-0.25, -0.2) is 22.3 Å². The number of ketones is 1. The van der Waals surface area contributed by atoms with Crippen molar-refractivity contribution in [1.82, 2.24) is 9.97 Å². The first-order chi connectivity index (χ1) is 18.0. The minimum atomic E-state index is -3.01. The molecule has 11 heteroatoms. The molecule has 0 spiro atoms. The number of Topliss-reactive ketones (excluding diaryl/α,β-unsaturated/α-hetero) is 1. The first kappa shape index (κ1) is 28.9. The summed E-state index contributed by atoms with van der Waals surface area (Å²) >= 11 is 0. The number of esters is 1. The molecule has 2 aliphatic heterocycles. The van der Waals surface area contributed by atoms with Gasteiger partial charge in [0.15, 0.2) is 5.78 Å². The average molecular weight is 561 g/mol. The molecule has 0 radical (unpaired) electrons. The molecule has 2 aromatic rings. The van der Waals surface area contributed by atoms with Crippen LogP contribution in [0.25, 0.3) is 0 Å². The summed E-state index contributed by atoms with van der Waals surface area (Å²) in [6.07, 6.45) is 0.947. The summed E-state index contributed by atoms with van der Waals surface area (Å²) in [5.74, 6) is -2.16. The van der Waals surface area contributed by atoms with Crippen molar-refractivity contribution >= 4 is 27.2 Å². The molecule has 2 aliphatic rings. The van der Waals surface area contributed by atoms with Crippen LogP contribution in [0.4, 0.5) is 8.78 Å². The molecule has 0 aromatic carbocycles. The molecule has 0 aliphatic carbocycles. The fraction of sp³-hybridized carbons (Fsp3) is 0.536. The molecule has 0 bridgehead atoms. The number of fused-ring (bicyclic) bond motifs is 1. The van der Waals surface area contributed by atoms with Crippen LogP contribution in [0.5, 0.6) is 0 Å². The standard InChI is InChI=1S/C28H34F2N4O4S/c1-16-12-17(29)15-31-24(16)20(35)13-18-8-9-19(30)25(33-18)28(7)22-10-11-32-39(22,37)27(5,6)21(34-28)14-23(36)38-26(2,3)4/h8-9,12,15,22H,10-11,13-14H2,1-7H3/t22-,28-,39+/m0/s1. The molecule has 0 N–H and O–H groups in total. The third-order valence-electron chi connectivity index (χ3n) is 7.25. The van der Waals surface area contributed by atoms with Gasteiger partial charge in [-0.1, -0.05) is 0 Å². The molecular formula is C28H34F2N4O4S. The van der Waals surface area contributed by atoms with Crippen LogP contribution >= 0.6 is 0 Å². The maximum absolute atomic E-state index is 15.5. The predicted molar refractivity (Wildman–Crippen MR) is 144 cm³/mol. The minimum Gasteiger partial charge on any atom is -0.460 e. The van der Waals surface area contributed by atoms with Crippen molar-refractivity contribution in [3.63, 3.8) is 0 Å². The lowest BCUT2D eigenvalue weighted by atomic mass is 9.88. The van der Waals surface area contributed by atoms with Gasteiger partial charge < -0.3 is 4.74 Å². The van der Waals surface area contributed by atoms with Gasteiger partial charge in [-0.05, 0) is 78.6 Å². The first-order valence-corrected chi connectivity index (χ1v) is 14.4. The normalized spacial score (nSPS) is 25.9. The summed E-state index contributed by atoms with van der Waals surface area (Å²) in [7, 11) is -3.01. The predicted octanol–water partition coefficient (Wildman–Crippen LogP) is 4.91. The number of carbonyl (C=O) groups is 2. The Morgan fingerprint density at radius 1 is 1.15 bits per heavy atom. The van der Waals surface area contributed by atoms with Crippen molar-refractivity contribution in [2.24, 2.45) is 9.36 Å². The van der Waals surface area contributed by atoms with E-state index in [0.29, 0.717) is 24.2 Å². The first-order valence-electron chi connectivity index (χ1n) is 12.8. The van der Waals surface area contributed by atoms with E-state index in [9.17, 15) is 18.2 Å². The Morgan fingerprint density at radius 2 is 1.85 bits per heavy atom. The SMILES string of the molecule is Cc1cc(F)cnc1C(=O)Cc1ccc(F)c([C@@]2(C)N=C(CC(=O)OC(C)(C)C)C(C)(C)[S@@]3(=O)=NCC[C@@H]23)n1. The number of aliphatic imine (C=N–C) groups is 1. The molecule has 4 rings (SSSR count). The van der Waals surface area contributed by atoms with Crippen molar-refractivity contribution in [1.29, 1.82) is 0 Å². The Bertz CT molecular complexity index is 1510. The van der Waals surface area contributed by atoms with Gasteiger partial charge in [-0.15, -0.1) is 0 Å². The van der Waals surface area contributed by atoms with Gasteiger partial charge in [0, 0.05) is 18.0 Å². The number of aryl methyl sites for hydroxylation is 1. The Balaban J connectivity index is 1.78. The maximum Gasteiger partial charge on any atom is 0.312 e. The second kappa shape index (κ2) is 9.83. The lowest BCUT2D eigenvalue weighted by Gasteiger charge is -2.45. The minimum absolute atomic E-state index is 0.0661. The number of carbonyl (C=O) groups excluding carboxylic acids is 2. The van der Waals surface area contributed by atoms with Gasteiger partial charge >= 0.3 is 5.97 Å². The number of ether oxygens (including phenoxy) is 1. The molecular weight excluding hydrogens is 526 g/mol. The van der Waals surface area contributed by atoms with Crippen LogP contribution in [0.3, 0.4) is 0 Å². The number of hydrogen-bond acceptors (Lipinski definition) is 8. The summed E-state index contributed by atoms with van der Waals surface area (Å²) in [6, 6.07) is 3.82. The zero-order valence-corrected chi connectivity index (χ0v) is 24.1. The van der Waals surface area contributed by atoms with E-state index in [1.165, 1.54) is 18.2 Å². The Labute approximate surface area is 227 Å². The molecule has 0 fully saturated rings. The Morgan fingerprint density at radius 3 is 2.49 bits per heavy atom. The smallest absolute Gasteiger partial charge is 0.312 e. The van der Waals surface area contributed by atoms with Gasteiger partial charge in [-0.3, -0.25) is 19.6 Å². The van der Waals surface area contributed by atoms with Crippen LogP contribution in [0.1, 0.15) is 81.8 Å². The number of halogens is 2. The monoisotopic (exact) mass is 560 g/mol. The zero-order valence-electron chi connectivity index (χ0n) is 23.3. The number of pyridine rings is 2. The number of hydrogen-bond donors (Lipinski definition) is 0. The van der Waals surface area contributed by atoms with Crippen LogP contribution in [0.2, 0.25) is 0 Å². The molecule has 0 amide bonds. The van der Waals surface area contributed by atoms with Crippen LogP contribution in [0, 0.1) is 18.6 Å². The largest absolute Gasteiger partial charge is 0.460 e. The molecule has 0 saturated heterocycles. The lowest BCUT2D eigenvalue weighted by molar-refractivity contribution is -0.153. The van der Waals surface area contributed by atoms with Crippen LogP contribution < -0.4 is 0 Å². The van der Waals surface area contributed by atoms with E-state index in [-0.39, 0.29) is 29.9 Å². The van der Waals surface area contributed by atoms with Crippen LogP contribution in [-0.2, 0) is 31.2 Å². The van der Waals surface area contributed by atoms with Gasteiger partial charge in [0.1, 0.15) is 34.2 Å². The van der Waals surface area contributed by atoms with Crippen molar-refractivity contribution in [2.75, 3.05) is 6.54 Å². The number of nitrogens with zero attached hydrogens (tertiary/aromatic N) is 4. The van der Waals surface area contributed by atoms with Crippen molar-refractivity contribution in [3.8, 4) is 0 Å². The van der Waals surface area contributed by atoms with Gasteiger partial charge in [0.2, 0.25) is 0 Å². The highest BCUT2D eigenvalue weighted by molar-refractivity contribution is 7.96. The number of aromatic nitrogens is 2. The van der Waals surface area contributed by atoms with Crippen molar-refractivity contribution in [3.05, 3.63) is 58.7 Å². The van der Waals surface area contributed by atoms with E-state index in [2.05, 4.69) is 14.3 Å². The van der Waals surface area contributed by atoms with Crippen LogP contribution in [-0.4, -0.2) is 53.8 Å². The Kier molecular flexibility index (Phi) is 7.29. The molecule has 4 heterocycles. The molecule has 8 nitrogen and oxygen atoms in total. The van der Waals surface area contributed by atoms with Crippen molar-refractivity contribution in [2.45, 2.75) is 88.9 Å². The second-order valence-corrected chi connectivity index (χ2v) is 14.7. The molecule has 0 unspecified atom stereocenters. The molecule has 0 saturated carbocycles. The topological polar surface area (TPSA) is 111 Å². The molecule has 2 aromatic heterocycles. The molecule has 3 atom stereocenters. The van der Waals surface area contributed by atoms with E-state index in [1.54, 1.807) is 48.5 Å². The maximum atomic E-state index is 15.5. The van der Waals surface area contributed by atoms with E-state index in [4.69, 9.17) is 9.73 Å². The highest BCUT2D eigenvalue weighted by atomic mass is 32.2. The van der Waals surface area contributed by atoms with Crippen molar-refractivity contribution < 1.29 is 27.3 Å². The summed E-state index contributed by atoms with van der Waals surface area (Å²) in [4.78, 5) is 39.1. The molecule has 39 heavy (non-hydrogen) atoms. The summed E-state index contributed by atoms with van der Waals surface area (Å²) in [5.41, 5.74) is -1.15. The third kappa shape index (κ3) is 5.25. The highest BCUT2D eigenvalue weighted by Crippen LogP contribution is 2.48. The van der Waals surface area contributed by atoms with E-state index >= 15 is 4.39 Å². The third-order valence-corrected chi connectivity index (χ3v) is 11.0. The quantitative estimate of drug-likeness (QED) is 0.367. The average Bonchev–Trinajstić information content (AvgIpc) is 3.22. The fourth-order valence-corrected chi connectivity index (χ4v) is 8.57. The fourth-order valence-electron chi connectivity index (χ4n) is 5.31. The van der Waals surface area contributed by atoms with E-state index < -0.39 is 54.3 Å². The highest BCUT2D eigenvalue weighted by Gasteiger charge is 2.58. The number of rotatable bonds is 6. The van der Waals surface area contributed by atoms with Gasteiger partial charge in [0.05, 0.1) is 38.8 Å². The molecule has 210 valence electrons. The zero-order chi connectivity index (χ0) is 29.0. The van der Waals surface area contributed by atoms with Gasteiger partial charge in [-0.2, -0.15) is 0 Å². The summed E-state index contributed by atoms with van der Waals surface area (Å²) in [6.45, 7) is 12.3. The Hall–Kier alpha value is -3.08. The lowest BCUT2D eigenvalue weighted by Crippen LogP contribution is -2.56.